The van der Waals surface area contributed by atoms with Crippen LogP contribution >= 0.6 is 11.3 Å². The first-order chi connectivity index (χ1) is 15.1. The third-order valence-electron chi connectivity index (χ3n) is 4.93. The lowest BCUT2D eigenvalue weighted by Crippen LogP contribution is -2.17. The fourth-order valence-corrected chi connectivity index (χ4v) is 4.27. The van der Waals surface area contributed by atoms with Crippen LogP contribution in [-0.4, -0.2) is 56.6 Å². The number of hydrogen-bond acceptors (Lipinski definition) is 8. The number of nitrogens with one attached hydrogen (secondary N) is 2. The maximum Gasteiger partial charge on any atom is 0.261 e. The zero-order valence-electron chi connectivity index (χ0n) is 17.0. The van der Waals surface area contributed by atoms with E-state index in [1.54, 1.807) is 24.0 Å². The molecule has 1 amide bonds. The number of fused-ring (bicyclic) bond motifs is 1. The number of thiophene rings is 1. The summed E-state index contributed by atoms with van der Waals surface area (Å²) >= 11 is 1.33. The van der Waals surface area contributed by atoms with E-state index in [2.05, 4.69) is 25.7 Å². The van der Waals surface area contributed by atoms with E-state index < -0.39 is 0 Å². The van der Waals surface area contributed by atoms with E-state index in [-0.39, 0.29) is 12.0 Å². The Hall–Kier alpha value is -3.44. The number of aromatic nitrogens is 5. The molecule has 160 valence electrons. The van der Waals surface area contributed by atoms with Crippen LogP contribution in [0.4, 0.5) is 10.9 Å². The average Bonchev–Trinajstić information content (AvgIpc) is 3.54. The molecule has 1 aliphatic rings. The van der Waals surface area contributed by atoms with E-state index in [4.69, 9.17) is 9.47 Å². The molecule has 1 fully saturated rings. The minimum absolute atomic E-state index is 0.0650. The number of carbonyl (C=O) groups is 1. The molecule has 0 saturated carbocycles. The maximum absolute atomic E-state index is 11.8. The molecular formula is C20H21N7O3S. The van der Waals surface area contributed by atoms with Gasteiger partial charge in [-0.2, -0.15) is 10.1 Å². The van der Waals surface area contributed by atoms with Gasteiger partial charge in [0.15, 0.2) is 0 Å². The van der Waals surface area contributed by atoms with Gasteiger partial charge in [-0.1, -0.05) is 0 Å². The molecule has 31 heavy (non-hydrogen) atoms. The van der Waals surface area contributed by atoms with Crippen molar-refractivity contribution in [3.8, 4) is 11.6 Å². The Bertz CT molecular complexity index is 1240. The highest BCUT2D eigenvalue weighted by Crippen LogP contribution is 2.31. The Morgan fingerprint density at radius 1 is 1.32 bits per heavy atom. The summed E-state index contributed by atoms with van der Waals surface area (Å²) in [4.78, 5) is 21.8. The summed E-state index contributed by atoms with van der Waals surface area (Å²) in [5.74, 6) is 0.740. The summed E-state index contributed by atoms with van der Waals surface area (Å²) in [5, 5.41) is 10.8. The van der Waals surface area contributed by atoms with Gasteiger partial charge in [-0.25, -0.2) is 4.98 Å². The SMILES string of the molecule is CNC(=O)c1ccc(Nc2nc(O[C@H]3CCOC3)c3c(ccn3-c3cnn(C)c3)n2)s1. The Morgan fingerprint density at radius 3 is 2.97 bits per heavy atom. The van der Waals surface area contributed by atoms with Crippen LogP contribution < -0.4 is 15.4 Å². The smallest absolute Gasteiger partial charge is 0.261 e. The molecule has 5 rings (SSSR count). The minimum Gasteiger partial charge on any atom is -0.470 e. The van der Waals surface area contributed by atoms with E-state index in [0.717, 1.165) is 28.1 Å². The predicted octanol–water partition coefficient (Wildman–Crippen LogP) is 2.49. The molecule has 1 atom stereocenters. The van der Waals surface area contributed by atoms with Gasteiger partial charge in [0.25, 0.3) is 5.91 Å². The molecule has 0 aliphatic carbocycles. The van der Waals surface area contributed by atoms with Crippen LogP contribution in [0.2, 0.25) is 0 Å². The molecule has 11 heteroatoms. The predicted molar refractivity (Wildman–Crippen MR) is 116 cm³/mol. The Balaban J connectivity index is 1.54. The van der Waals surface area contributed by atoms with Crippen LogP contribution in [0, 0.1) is 0 Å². The Morgan fingerprint density at radius 2 is 2.23 bits per heavy atom. The van der Waals surface area contributed by atoms with Gasteiger partial charge in [-0.15, -0.1) is 11.3 Å². The molecule has 0 unspecified atom stereocenters. The van der Waals surface area contributed by atoms with Crippen molar-refractivity contribution in [3.63, 3.8) is 0 Å². The van der Waals surface area contributed by atoms with Crippen LogP contribution in [0.1, 0.15) is 16.1 Å². The summed E-state index contributed by atoms with van der Waals surface area (Å²) < 4.78 is 15.4. The monoisotopic (exact) mass is 439 g/mol. The molecule has 0 aromatic carbocycles. The Kier molecular flexibility index (Phi) is 5.04. The number of anilines is 2. The highest BCUT2D eigenvalue weighted by molar-refractivity contribution is 7.18. The van der Waals surface area contributed by atoms with Crippen molar-refractivity contribution >= 4 is 39.2 Å². The summed E-state index contributed by atoms with van der Waals surface area (Å²) in [5.41, 5.74) is 2.39. The van der Waals surface area contributed by atoms with Crippen molar-refractivity contribution in [2.75, 3.05) is 25.6 Å². The lowest BCUT2D eigenvalue weighted by Gasteiger charge is -2.14. The van der Waals surface area contributed by atoms with E-state index in [9.17, 15) is 4.79 Å². The number of nitrogens with zero attached hydrogens (tertiary/aromatic N) is 5. The van der Waals surface area contributed by atoms with Gasteiger partial charge >= 0.3 is 0 Å². The van der Waals surface area contributed by atoms with E-state index in [1.165, 1.54) is 11.3 Å². The summed E-state index contributed by atoms with van der Waals surface area (Å²) in [6, 6.07) is 5.50. The molecule has 4 aromatic heterocycles. The number of amides is 1. The van der Waals surface area contributed by atoms with Gasteiger partial charge in [0.05, 0.1) is 40.5 Å². The van der Waals surface area contributed by atoms with Crippen molar-refractivity contribution < 1.29 is 14.3 Å². The summed E-state index contributed by atoms with van der Waals surface area (Å²) in [6.45, 7) is 1.20. The van der Waals surface area contributed by atoms with Gasteiger partial charge in [0.1, 0.15) is 11.6 Å². The first-order valence-corrected chi connectivity index (χ1v) is 10.6. The topological polar surface area (TPSA) is 108 Å². The van der Waals surface area contributed by atoms with Gasteiger partial charge < -0.3 is 24.7 Å². The molecule has 2 N–H and O–H groups in total. The van der Waals surface area contributed by atoms with E-state index >= 15 is 0 Å². The van der Waals surface area contributed by atoms with Crippen molar-refractivity contribution in [3.05, 3.63) is 41.7 Å². The second kappa shape index (κ2) is 8.00. The average molecular weight is 440 g/mol. The number of aryl methyl sites for hydroxylation is 1. The molecule has 1 aliphatic heterocycles. The molecule has 0 spiro atoms. The van der Waals surface area contributed by atoms with Crippen molar-refractivity contribution in [2.45, 2.75) is 12.5 Å². The largest absolute Gasteiger partial charge is 0.470 e. The minimum atomic E-state index is -0.131. The standard InChI is InChI=1S/C20H21N7O3S/c1-21-18(28)15-3-4-16(31-15)24-20-23-14-5-7-27(12-9-22-26(2)10-12)17(14)19(25-20)30-13-6-8-29-11-13/h3-5,7,9-10,13H,6,8,11H2,1-2H3,(H,21,28)(H,23,24,25)/t13-/m0/s1. The molecule has 10 nitrogen and oxygen atoms in total. The number of hydrogen-bond donors (Lipinski definition) is 2. The fourth-order valence-electron chi connectivity index (χ4n) is 3.42. The molecule has 4 aromatic rings. The highest BCUT2D eigenvalue weighted by atomic mass is 32.1. The van der Waals surface area contributed by atoms with Crippen LogP contribution in [0.25, 0.3) is 16.7 Å². The van der Waals surface area contributed by atoms with Crippen molar-refractivity contribution in [1.29, 1.82) is 0 Å². The molecule has 0 radical (unpaired) electrons. The van der Waals surface area contributed by atoms with Crippen LogP contribution in [0.15, 0.2) is 36.8 Å². The third kappa shape index (κ3) is 3.84. The van der Waals surface area contributed by atoms with E-state index in [0.29, 0.717) is 29.9 Å². The van der Waals surface area contributed by atoms with Crippen molar-refractivity contribution in [1.82, 2.24) is 29.6 Å². The van der Waals surface area contributed by atoms with Crippen LogP contribution in [-0.2, 0) is 11.8 Å². The highest BCUT2D eigenvalue weighted by Gasteiger charge is 2.22. The maximum atomic E-state index is 11.8. The molecule has 5 heterocycles. The number of carbonyl (C=O) groups excluding carboxylic acids is 1. The third-order valence-corrected chi connectivity index (χ3v) is 5.93. The lowest BCUT2D eigenvalue weighted by molar-refractivity contribution is 0.0967. The van der Waals surface area contributed by atoms with Crippen LogP contribution in [0.5, 0.6) is 5.88 Å². The quantitative estimate of drug-likeness (QED) is 0.475. The lowest BCUT2D eigenvalue weighted by atomic mass is 10.3. The first-order valence-electron chi connectivity index (χ1n) is 9.82. The Labute approximate surface area is 181 Å². The van der Waals surface area contributed by atoms with Crippen molar-refractivity contribution in [2.24, 2.45) is 7.05 Å². The second-order valence-corrected chi connectivity index (χ2v) is 8.20. The van der Waals surface area contributed by atoms with E-state index in [1.807, 2.05) is 36.1 Å². The number of ether oxygens (including phenoxy) is 2. The molecule has 0 bridgehead atoms. The van der Waals surface area contributed by atoms with Crippen LogP contribution in [0.3, 0.4) is 0 Å². The summed E-state index contributed by atoms with van der Waals surface area (Å²) in [6.07, 6.45) is 6.36. The summed E-state index contributed by atoms with van der Waals surface area (Å²) in [7, 11) is 3.48. The van der Waals surface area contributed by atoms with Gasteiger partial charge in [-0.3, -0.25) is 9.48 Å². The normalized spacial score (nSPS) is 16.0. The van der Waals surface area contributed by atoms with Gasteiger partial charge in [-0.05, 0) is 18.2 Å². The van der Waals surface area contributed by atoms with Gasteiger partial charge in [0, 0.05) is 32.9 Å². The number of rotatable bonds is 6. The molecular weight excluding hydrogens is 418 g/mol. The second-order valence-electron chi connectivity index (χ2n) is 7.12. The zero-order chi connectivity index (χ0) is 21.4. The molecule has 1 saturated heterocycles. The first kappa shape index (κ1) is 19.5. The fraction of sp³-hybridized carbons (Fsp3) is 0.300. The zero-order valence-corrected chi connectivity index (χ0v) is 17.8. The van der Waals surface area contributed by atoms with Gasteiger partial charge in [0.2, 0.25) is 11.8 Å².